The highest BCUT2D eigenvalue weighted by atomic mass is 35.5. The van der Waals surface area contributed by atoms with Gasteiger partial charge in [0, 0.05) is 5.69 Å². The van der Waals surface area contributed by atoms with Gasteiger partial charge in [-0.25, -0.2) is 8.42 Å². The first-order valence-corrected chi connectivity index (χ1v) is 10.9. The van der Waals surface area contributed by atoms with E-state index < -0.39 is 10.0 Å². The summed E-state index contributed by atoms with van der Waals surface area (Å²) in [7, 11) is -3.98. The van der Waals surface area contributed by atoms with Crippen LogP contribution in [-0.2, 0) is 21.2 Å². The van der Waals surface area contributed by atoms with E-state index in [0.29, 0.717) is 22.5 Å². The second-order valence-electron chi connectivity index (χ2n) is 6.24. The number of carbonyl (C=O) groups is 1. The summed E-state index contributed by atoms with van der Waals surface area (Å²) in [5, 5.41) is 11.8. The Morgan fingerprint density at radius 3 is 2.20 bits per heavy atom. The number of sulfonamides is 1. The van der Waals surface area contributed by atoms with Gasteiger partial charge < -0.3 is 5.32 Å². The third kappa shape index (κ3) is 5.10. The standard InChI is InChI=1S/C21H15Cl2N3O3S/c22-17-5-3-6-18(23)21(17)30(28,29)26-16-10-8-14(9-11-16)12-20(27)25-19-7-2-1-4-15(19)13-24/h1-11,26H,12H2,(H,25,27). The number of hydrogen-bond acceptors (Lipinski definition) is 4. The summed E-state index contributed by atoms with van der Waals surface area (Å²) in [5.74, 6) is -0.297. The molecule has 1 amide bonds. The highest BCUT2D eigenvalue weighted by Gasteiger charge is 2.21. The Labute approximate surface area is 184 Å². The van der Waals surface area contributed by atoms with Crippen molar-refractivity contribution in [3.05, 3.63) is 87.9 Å². The minimum absolute atomic E-state index is 0.0148. The fourth-order valence-electron chi connectivity index (χ4n) is 2.71. The molecule has 152 valence electrons. The lowest BCUT2D eigenvalue weighted by Crippen LogP contribution is -2.16. The number of nitrogens with one attached hydrogen (secondary N) is 2. The summed E-state index contributed by atoms with van der Waals surface area (Å²) >= 11 is 12.0. The Kier molecular flexibility index (Phi) is 6.63. The molecule has 3 aromatic rings. The van der Waals surface area contributed by atoms with Crippen molar-refractivity contribution in [2.75, 3.05) is 10.0 Å². The summed E-state index contributed by atoms with van der Waals surface area (Å²) in [5.41, 5.74) is 1.77. The summed E-state index contributed by atoms with van der Waals surface area (Å²) in [6.07, 6.45) is 0.0587. The highest BCUT2D eigenvalue weighted by Crippen LogP contribution is 2.30. The van der Waals surface area contributed by atoms with Crippen molar-refractivity contribution in [3.8, 4) is 6.07 Å². The quantitative estimate of drug-likeness (QED) is 0.550. The number of benzene rings is 3. The molecular formula is C21H15Cl2N3O3S. The van der Waals surface area contributed by atoms with Crippen molar-refractivity contribution in [1.82, 2.24) is 0 Å². The molecule has 6 nitrogen and oxygen atoms in total. The molecule has 0 bridgehead atoms. The van der Waals surface area contributed by atoms with Gasteiger partial charge in [0.15, 0.2) is 0 Å². The van der Waals surface area contributed by atoms with E-state index in [4.69, 9.17) is 28.5 Å². The van der Waals surface area contributed by atoms with Crippen LogP contribution in [0.1, 0.15) is 11.1 Å². The maximum absolute atomic E-state index is 12.6. The Morgan fingerprint density at radius 2 is 1.57 bits per heavy atom. The maximum Gasteiger partial charge on any atom is 0.264 e. The van der Waals surface area contributed by atoms with Gasteiger partial charge in [-0.3, -0.25) is 9.52 Å². The van der Waals surface area contributed by atoms with Gasteiger partial charge >= 0.3 is 0 Å². The molecule has 9 heteroatoms. The molecule has 2 N–H and O–H groups in total. The van der Waals surface area contributed by atoms with Crippen molar-refractivity contribution < 1.29 is 13.2 Å². The second kappa shape index (κ2) is 9.18. The first kappa shape index (κ1) is 21.7. The van der Waals surface area contributed by atoms with E-state index in [2.05, 4.69) is 10.0 Å². The SMILES string of the molecule is N#Cc1ccccc1NC(=O)Cc1ccc(NS(=O)(=O)c2c(Cl)cccc2Cl)cc1. The third-order valence-corrected chi connectivity index (χ3v) is 6.42. The van der Waals surface area contributed by atoms with Crippen LogP contribution in [0.2, 0.25) is 10.0 Å². The van der Waals surface area contributed by atoms with E-state index in [9.17, 15) is 13.2 Å². The van der Waals surface area contributed by atoms with E-state index in [-0.39, 0.29) is 27.3 Å². The van der Waals surface area contributed by atoms with Crippen LogP contribution < -0.4 is 10.0 Å². The lowest BCUT2D eigenvalue weighted by molar-refractivity contribution is -0.115. The average Bonchev–Trinajstić information content (AvgIpc) is 2.69. The van der Waals surface area contributed by atoms with Gasteiger partial charge in [0.1, 0.15) is 11.0 Å². The molecule has 0 aliphatic carbocycles. The molecule has 3 rings (SSSR count). The van der Waals surface area contributed by atoms with Crippen LogP contribution in [0.4, 0.5) is 11.4 Å². The molecule has 0 aliphatic rings. The van der Waals surface area contributed by atoms with Crippen molar-refractivity contribution >= 4 is 50.5 Å². The van der Waals surface area contributed by atoms with Crippen molar-refractivity contribution in [3.63, 3.8) is 0 Å². The molecule has 0 atom stereocenters. The van der Waals surface area contributed by atoms with Gasteiger partial charge in [-0.1, -0.05) is 53.5 Å². The molecule has 30 heavy (non-hydrogen) atoms. The Balaban J connectivity index is 1.69. The van der Waals surface area contributed by atoms with Crippen molar-refractivity contribution in [2.45, 2.75) is 11.3 Å². The number of nitrogens with zero attached hydrogens (tertiary/aromatic N) is 1. The molecule has 0 spiro atoms. The Bertz CT molecular complexity index is 1220. The van der Waals surface area contributed by atoms with Gasteiger partial charge in [-0.2, -0.15) is 5.26 Å². The lowest BCUT2D eigenvalue weighted by Gasteiger charge is -2.11. The molecule has 0 fully saturated rings. The lowest BCUT2D eigenvalue weighted by atomic mass is 10.1. The molecular weight excluding hydrogens is 445 g/mol. The van der Waals surface area contributed by atoms with Crippen LogP contribution in [-0.4, -0.2) is 14.3 Å². The first-order valence-electron chi connectivity index (χ1n) is 8.65. The van der Waals surface area contributed by atoms with Gasteiger partial charge in [0.2, 0.25) is 5.91 Å². The second-order valence-corrected chi connectivity index (χ2v) is 8.67. The van der Waals surface area contributed by atoms with Crippen LogP contribution >= 0.6 is 23.2 Å². The highest BCUT2D eigenvalue weighted by molar-refractivity contribution is 7.93. The molecule has 0 saturated carbocycles. The molecule has 0 radical (unpaired) electrons. The van der Waals surface area contributed by atoms with E-state index in [1.165, 1.54) is 24.3 Å². The van der Waals surface area contributed by atoms with E-state index in [1.807, 2.05) is 6.07 Å². The maximum atomic E-state index is 12.6. The zero-order chi connectivity index (χ0) is 21.7. The number of rotatable bonds is 6. The van der Waals surface area contributed by atoms with E-state index >= 15 is 0 Å². The van der Waals surface area contributed by atoms with Crippen LogP contribution in [0.5, 0.6) is 0 Å². The molecule has 0 aromatic heterocycles. The predicted molar refractivity (Wildman–Crippen MR) is 117 cm³/mol. The van der Waals surface area contributed by atoms with Crippen LogP contribution in [0.25, 0.3) is 0 Å². The fourth-order valence-corrected chi connectivity index (χ4v) is 4.91. The molecule has 3 aromatic carbocycles. The number of nitriles is 1. The van der Waals surface area contributed by atoms with Crippen LogP contribution in [0.15, 0.2) is 71.6 Å². The Morgan fingerprint density at radius 1 is 0.933 bits per heavy atom. The average molecular weight is 460 g/mol. The minimum Gasteiger partial charge on any atom is -0.325 e. The van der Waals surface area contributed by atoms with E-state index in [0.717, 1.165) is 0 Å². The number of halogens is 2. The number of hydrogen-bond donors (Lipinski definition) is 2. The smallest absolute Gasteiger partial charge is 0.264 e. The van der Waals surface area contributed by atoms with Gasteiger partial charge in [0.25, 0.3) is 10.0 Å². The molecule has 0 saturated heterocycles. The summed E-state index contributed by atoms with van der Waals surface area (Å²) in [6, 6.07) is 19.5. The van der Waals surface area contributed by atoms with Crippen molar-refractivity contribution in [1.29, 1.82) is 5.26 Å². The molecule has 0 unspecified atom stereocenters. The summed E-state index contributed by atoms with van der Waals surface area (Å²) in [4.78, 5) is 12.1. The molecule has 0 heterocycles. The zero-order valence-electron chi connectivity index (χ0n) is 15.4. The Hall–Kier alpha value is -3.05. The topological polar surface area (TPSA) is 99.1 Å². The minimum atomic E-state index is -3.98. The zero-order valence-corrected chi connectivity index (χ0v) is 17.7. The monoisotopic (exact) mass is 459 g/mol. The van der Waals surface area contributed by atoms with Gasteiger partial charge in [-0.05, 0) is 42.0 Å². The van der Waals surface area contributed by atoms with Crippen molar-refractivity contribution in [2.24, 2.45) is 0 Å². The summed E-state index contributed by atoms with van der Waals surface area (Å²) < 4.78 is 27.6. The number of para-hydroxylation sites is 1. The van der Waals surface area contributed by atoms with Gasteiger partial charge in [0.05, 0.1) is 27.7 Å². The number of amides is 1. The number of anilines is 2. The normalized spacial score (nSPS) is 10.8. The van der Waals surface area contributed by atoms with Crippen LogP contribution in [0, 0.1) is 11.3 Å². The van der Waals surface area contributed by atoms with Crippen LogP contribution in [0.3, 0.4) is 0 Å². The van der Waals surface area contributed by atoms with E-state index in [1.54, 1.807) is 42.5 Å². The number of carbonyl (C=O) groups excluding carboxylic acids is 1. The fraction of sp³-hybridized carbons (Fsp3) is 0.0476. The first-order chi connectivity index (χ1) is 14.3. The van der Waals surface area contributed by atoms with Gasteiger partial charge in [-0.15, -0.1) is 0 Å². The predicted octanol–water partition coefficient (Wildman–Crippen LogP) is 4.85. The largest absolute Gasteiger partial charge is 0.325 e. The molecule has 0 aliphatic heterocycles. The summed E-state index contributed by atoms with van der Waals surface area (Å²) in [6.45, 7) is 0. The third-order valence-electron chi connectivity index (χ3n) is 4.08.